The number of hydrogen-bond acceptors (Lipinski definition) is 4. The number of fused-ring (bicyclic) bond motifs is 1. The lowest BCUT2D eigenvalue weighted by molar-refractivity contribution is 0.574. The van der Waals surface area contributed by atoms with Gasteiger partial charge in [0.25, 0.3) is 7.59 Å². The Labute approximate surface area is 108 Å². The van der Waals surface area contributed by atoms with Crippen molar-refractivity contribution < 1.29 is 4.57 Å². The first-order valence-corrected chi connectivity index (χ1v) is 7.84. The van der Waals surface area contributed by atoms with Gasteiger partial charge in [0.05, 0.1) is 21.6 Å². The number of para-hydroxylation sites is 1. The number of thiocarbonyl (C=S) groups is 1. The highest BCUT2D eigenvalue weighted by molar-refractivity contribution is 7.81. The van der Waals surface area contributed by atoms with Crippen molar-refractivity contribution in [1.82, 2.24) is 10.1 Å². The van der Waals surface area contributed by atoms with E-state index in [4.69, 9.17) is 23.2 Å². The van der Waals surface area contributed by atoms with Crippen LogP contribution in [0.4, 0.5) is 0 Å². The van der Waals surface area contributed by atoms with Crippen molar-refractivity contribution in [2.24, 2.45) is 11.0 Å². The minimum atomic E-state index is -3.31. The lowest BCUT2D eigenvalue weighted by atomic mass is 10.3. The maximum atomic E-state index is 11.1. The number of aromatic nitrogens is 1. The van der Waals surface area contributed by atoms with Crippen LogP contribution in [0.5, 0.6) is 0 Å². The van der Waals surface area contributed by atoms with E-state index in [0.29, 0.717) is 11.4 Å². The van der Waals surface area contributed by atoms with Gasteiger partial charge in [-0.05, 0) is 12.1 Å². The standard InChI is InChI=1S/C9H11N4OPS2/c10-15(11,14)13-8(16)5-9-12-6-3-1-2-4-7(6)17-9/h1-4H,5H2,(H5,10,11,13,14,16). The Balaban J connectivity index is 2.13. The molecule has 1 aromatic carbocycles. The lowest BCUT2D eigenvalue weighted by Gasteiger charge is -2.09. The molecule has 8 heteroatoms. The maximum Gasteiger partial charge on any atom is 0.298 e. The third-order valence-corrected chi connectivity index (χ3v) is 4.00. The molecule has 0 fully saturated rings. The molecule has 5 nitrogen and oxygen atoms in total. The second-order valence-corrected chi connectivity index (χ2v) is 6.75. The average Bonchev–Trinajstić information content (AvgIpc) is 2.55. The number of nitrogens with two attached hydrogens (primary N) is 2. The number of hydrogen-bond donors (Lipinski definition) is 3. The molecule has 2 rings (SSSR count). The van der Waals surface area contributed by atoms with Gasteiger partial charge in [-0.1, -0.05) is 24.4 Å². The fourth-order valence-corrected chi connectivity index (χ4v) is 3.47. The van der Waals surface area contributed by atoms with E-state index >= 15 is 0 Å². The lowest BCUT2D eigenvalue weighted by Crippen LogP contribution is -2.28. The molecular weight excluding hydrogens is 275 g/mol. The molecule has 0 aliphatic heterocycles. The van der Waals surface area contributed by atoms with Crippen molar-refractivity contribution in [3.05, 3.63) is 29.3 Å². The fourth-order valence-electron chi connectivity index (χ4n) is 1.37. The van der Waals surface area contributed by atoms with Gasteiger partial charge >= 0.3 is 0 Å². The van der Waals surface area contributed by atoms with Gasteiger partial charge < -0.3 is 5.09 Å². The van der Waals surface area contributed by atoms with E-state index < -0.39 is 7.59 Å². The predicted molar refractivity (Wildman–Crippen MR) is 75.0 cm³/mol. The molecule has 0 radical (unpaired) electrons. The van der Waals surface area contributed by atoms with Crippen molar-refractivity contribution in [2.75, 3.05) is 0 Å². The molecule has 17 heavy (non-hydrogen) atoms. The molecule has 0 saturated heterocycles. The molecular formula is C9H11N4OPS2. The van der Waals surface area contributed by atoms with Crippen LogP contribution in [0.2, 0.25) is 0 Å². The Kier molecular flexibility index (Phi) is 3.56. The minimum absolute atomic E-state index is 0.345. The molecule has 0 atom stereocenters. The number of nitrogens with zero attached hydrogens (tertiary/aromatic N) is 1. The number of thiazole rings is 1. The molecule has 0 saturated carbocycles. The molecule has 0 spiro atoms. The zero-order chi connectivity index (χ0) is 12.5. The Hall–Kier alpha value is -0.850. The molecule has 5 N–H and O–H groups in total. The quantitative estimate of drug-likeness (QED) is 0.588. The van der Waals surface area contributed by atoms with Gasteiger partial charge in [-0.25, -0.2) is 4.98 Å². The van der Waals surface area contributed by atoms with Crippen LogP contribution in [0.25, 0.3) is 10.2 Å². The first kappa shape index (κ1) is 12.6. The summed E-state index contributed by atoms with van der Waals surface area (Å²) in [5, 5.41) is 3.27. The van der Waals surface area contributed by atoms with Crippen molar-refractivity contribution >= 4 is 46.4 Å². The SMILES string of the molecule is NP(N)(=O)NC(=S)Cc1nc2ccccc2s1. The van der Waals surface area contributed by atoms with Crippen LogP contribution < -0.4 is 16.1 Å². The summed E-state index contributed by atoms with van der Waals surface area (Å²) in [6.07, 6.45) is 0.396. The second kappa shape index (κ2) is 4.80. The van der Waals surface area contributed by atoms with Gasteiger partial charge in [-0.2, -0.15) is 0 Å². The van der Waals surface area contributed by atoms with E-state index in [1.807, 2.05) is 24.3 Å². The molecule has 0 unspecified atom stereocenters. The summed E-state index contributed by atoms with van der Waals surface area (Å²) in [5.41, 5.74) is 11.3. The predicted octanol–water partition coefficient (Wildman–Crippen LogP) is 1.78. The van der Waals surface area contributed by atoms with Crippen LogP contribution in [0.3, 0.4) is 0 Å². The topological polar surface area (TPSA) is 94.0 Å². The van der Waals surface area contributed by atoms with Crippen LogP contribution in [-0.2, 0) is 11.0 Å². The van der Waals surface area contributed by atoms with E-state index in [0.717, 1.165) is 15.2 Å². The molecule has 2 aromatic rings. The Morgan fingerprint density at radius 1 is 1.47 bits per heavy atom. The number of rotatable bonds is 3. The zero-order valence-corrected chi connectivity index (χ0v) is 11.3. The normalized spacial score (nSPS) is 11.6. The van der Waals surface area contributed by atoms with Crippen LogP contribution in [0.1, 0.15) is 5.01 Å². The van der Waals surface area contributed by atoms with Gasteiger partial charge in [0.15, 0.2) is 0 Å². The summed E-state index contributed by atoms with van der Waals surface area (Å²) >= 11 is 6.55. The monoisotopic (exact) mass is 286 g/mol. The van der Waals surface area contributed by atoms with Crippen LogP contribution in [0, 0.1) is 0 Å². The highest BCUT2D eigenvalue weighted by Gasteiger charge is 2.12. The summed E-state index contributed by atoms with van der Waals surface area (Å²) in [6.45, 7) is 0. The van der Waals surface area contributed by atoms with Gasteiger partial charge in [0.2, 0.25) is 0 Å². The average molecular weight is 286 g/mol. The highest BCUT2D eigenvalue weighted by atomic mass is 32.1. The Morgan fingerprint density at radius 3 is 2.82 bits per heavy atom. The summed E-state index contributed by atoms with van der Waals surface area (Å²) in [6, 6.07) is 7.80. The second-order valence-electron chi connectivity index (χ2n) is 3.50. The molecule has 0 aliphatic rings. The summed E-state index contributed by atoms with van der Waals surface area (Å²) in [5.74, 6) is 0. The van der Waals surface area contributed by atoms with Crippen LogP contribution in [0.15, 0.2) is 24.3 Å². The fraction of sp³-hybridized carbons (Fsp3) is 0.111. The van der Waals surface area contributed by atoms with E-state index in [-0.39, 0.29) is 0 Å². The smallest absolute Gasteiger partial charge is 0.298 e. The van der Waals surface area contributed by atoms with Gasteiger partial charge in [-0.3, -0.25) is 15.6 Å². The first-order chi connectivity index (χ1) is 7.94. The molecule has 0 aliphatic carbocycles. The number of nitrogens with one attached hydrogen (secondary N) is 1. The van der Waals surface area contributed by atoms with Crippen molar-refractivity contribution in [2.45, 2.75) is 6.42 Å². The third kappa shape index (κ3) is 3.55. The third-order valence-electron chi connectivity index (χ3n) is 1.95. The van der Waals surface area contributed by atoms with E-state index in [1.165, 1.54) is 0 Å². The van der Waals surface area contributed by atoms with E-state index in [1.54, 1.807) is 11.3 Å². The minimum Gasteiger partial charge on any atom is -0.307 e. The number of benzene rings is 1. The van der Waals surface area contributed by atoms with E-state index in [9.17, 15) is 4.57 Å². The Morgan fingerprint density at radius 2 is 2.18 bits per heavy atom. The van der Waals surface area contributed by atoms with E-state index in [2.05, 4.69) is 10.1 Å². The van der Waals surface area contributed by atoms with Crippen molar-refractivity contribution in [1.29, 1.82) is 0 Å². The van der Waals surface area contributed by atoms with Gasteiger partial charge in [0, 0.05) is 0 Å². The molecule has 90 valence electrons. The largest absolute Gasteiger partial charge is 0.307 e. The zero-order valence-electron chi connectivity index (χ0n) is 8.79. The summed E-state index contributed by atoms with van der Waals surface area (Å²) in [4.78, 5) is 4.75. The maximum absolute atomic E-state index is 11.1. The summed E-state index contributed by atoms with van der Waals surface area (Å²) in [7, 11) is -3.31. The highest BCUT2D eigenvalue weighted by Crippen LogP contribution is 2.23. The van der Waals surface area contributed by atoms with Crippen molar-refractivity contribution in [3.8, 4) is 0 Å². The van der Waals surface area contributed by atoms with Crippen LogP contribution >= 0.6 is 31.1 Å². The van der Waals surface area contributed by atoms with Gasteiger partial charge in [-0.15, -0.1) is 11.3 Å². The first-order valence-electron chi connectivity index (χ1n) is 4.77. The Bertz CT molecular complexity index is 573. The molecule has 0 amide bonds. The van der Waals surface area contributed by atoms with Gasteiger partial charge in [0.1, 0.15) is 5.01 Å². The molecule has 1 aromatic heterocycles. The van der Waals surface area contributed by atoms with Crippen molar-refractivity contribution in [3.63, 3.8) is 0 Å². The molecule has 1 heterocycles. The summed E-state index contributed by atoms with van der Waals surface area (Å²) < 4.78 is 12.2. The molecule has 0 bridgehead atoms. The van der Waals surface area contributed by atoms with Crippen LogP contribution in [-0.4, -0.2) is 9.97 Å².